The largest absolute Gasteiger partial charge is 0.384 e. The maximum atomic E-state index is 12.5. The number of hydrogen-bond acceptors (Lipinski definition) is 3. The molecule has 0 saturated carbocycles. The molecule has 3 aromatic rings. The van der Waals surface area contributed by atoms with Gasteiger partial charge in [-0.15, -0.1) is 0 Å². The van der Waals surface area contributed by atoms with Crippen LogP contribution in [0.5, 0.6) is 0 Å². The Morgan fingerprint density at radius 3 is 2.06 bits per heavy atom. The summed E-state index contributed by atoms with van der Waals surface area (Å²) in [6, 6.07) is 29.4. The van der Waals surface area contributed by atoms with Crippen molar-refractivity contribution in [3.05, 3.63) is 107 Å². The number of morpholine rings is 1. The highest BCUT2D eigenvalue weighted by Crippen LogP contribution is 2.41. The van der Waals surface area contributed by atoms with Gasteiger partial charge in [0.15, 0.2) is 0 Å². The minimum absolute atomic E-state index is 0.0560. The Morgan fingerprint density at radius 2 is 1.45 bits per heavy atom. The fourth-order valence-electron chi connectivity index (χ4n) is 4.62. The number of nitrogens with zero attached hydrogens (tertiary/aromatic N) is 1. The van der Waals surface area contributed by atoms with Gasteiger partial charge in [-0.25, -0.2) is 0 Å². The van der Waals surface area contributed by atoms with Crippen LogP contribution in [0.25, 0.3) is 0 Å². The first-order valence-corrected chi connectivity index (χ1v) is 11.4. The summed E-state index contributed by atoms with van der Waals surface area (Å²) in [6.45, 7) is 6.27. The zero-order chi connectivity index (χ0) is 21.5. The molecule has 1 fully saturated rings. The van der Waals surface area contributed by atoms with Gasteiger partial charge in [0.1, 0.15) is 5.60 Å². The van der Waals surface area contributed by atoms with Crippen molar-refractivity contribution in [1.29, 1.82) is 0 Å². The minimum atomic E-state index is -1.02. The monoisotopic (exact) mass is 415 g/mol. The summed E-state index contributed by atoms with van der Waals surface area (Å²) in [6.07, 6.45) is 1.57. The Balaban J connectivity index is 1.77. The van der Waals surface area contributed by atoms with E-state index in [4.69, 9.17) is 4.74 Å². The molecule has 1 saturated heterocycles. The van der Waals surface area contributed by atoms with Gasteiger partial charge < -0.3 is 9.84 Å². The summed E-state index contributed by atoms with van der Waals surface area (Å²) < 4.78 is 5.57. The van der Waals surface area contributed by atoms with Crippen molar-refractivity contribution < 1.29 is 9.84 Å². The van der Waals surface area contributed by atoms with Gasteiger partial charge in [0.05, 0.1) is 13.2 Å². The molecule has 2 atom stereocenters. The summed E-state index contributed by atoms with van der Waals surface area (Å²) in [7, 11) is 0. The van der Waals surface area contributed by atoms with Gasteiger partial charge in [0.2, 0.25) is 0 Å². The summed E-state index contributed by atoms with van der Waals surface area (Å²) in [4.78, 5) is 2.43. The molecule has 0 bridgehead atoms. The third-order valence-electron chi connectivity index (χ3n) is 6.50. The third kappa shape index (κ3) is 5.24. The summed E-state index contributed by atoms with van der Waals surface area (Å²) >= 11 is 0. The van der Waals surface area contributed by atoms with Crippen molar-refractivity contribution in [2.24, 2.45) is 0 Å². The van der Waals surface area contributed by atoms with E-state index in [1.165, 1.54) is 11.1 Å². The van der Waals surface area contributed by atoms with Gasteiger partial charge in [-0.3, -0.25) is 4.90 Å². The normalized spacial score (nSPS) is 17.7. The van der Waals surface area contributed by atoms with Crippen LogP contribution < -0.4 is 0 Å². The van der Waals surface area contributed by atoms with E-state index in [1.54, 1.807) is 0 Å². The summed E-state index contributed by atoms with van der Waals surface area (Å²) in [5.41, 5.74) is 3.57. The van der Waals surface area contributed by atoms with E-state index in [-0.39, 0.29) is 5.92 Å². The van der Waals surface area contributed by atoms with Crippen LogP contribution in [0.1, 0.15) is 35.1 Å². The number of aryl methyl sites for hydroxylation is 1. The van der Waals surface area contributed by atoms with E-state index in [0.29, 0.717) is 6.42 Å². The Bertz CT molecular complexity index is 920. The Morgan fingerprint density at radius 1 is 0.839 bits per heavy atom. The fourth-order valence-corrected chi connectivity index (χ4v) is 4.62. The molecule has 0 amide bonds. The number of hydrogen-bond donors (Lipinski definition) is 1. The summed E-state index contributed by atoms with van der Waals surface area (Å²) in [5.74, 6) is -0.0560. The summed E-state index contributed by atoms with van der Waals surface area (Å²) in [5, 5.41) is 12.5. The second-order valence-corrected chi connectivity index (χ2v) is 8.51. The average Bonchev–Trinajstić information content (AvgIpc) is 2.84. The van der Waals surface area contributed by atoms with Crippen LogP contribution >= 0.6 is 0 Å². The quantitative estimate of drug-likeness (QED) is 0.574. The lowest BCUT2D eigenvalue weighted by atomic mass is 9.73. The fraction of sp³-hybridized carbons (Fsp3) is 0.357. The molecule has 0 radical (unpaired) electrons. The number of rotatable bonds is 8. The molecule has 1 N–H and O–H groups in total. The highest BCUT2D eigenvalue weighted by Gasteiger charge is 2.40. The number of ether oxygens (including phenoxy) is 1. The second-order valence-electron chi connectivity index (χ2n) is 8.51. The van der Waals surface area contributed by atoms with Crippen molar-refractivity contribution >= 4 is 0 Å². The molecule has 3 nitrogen and oxygen atoms in total. The van der Waals surface area contributed by atoms with Gasteiger partial charge in [0.25, 0.3) is 0 Å². The first-order valence-electron chi connectivity index (χ1n) is 11.4. The van der Waals surface area contributed by atoms with Gasteiger partial charge in [0, 0.05) is 32.0 Å². The highest BCUT2D eigenvalue weighted by molar-refractivity contribution is 5.36. The average molecular weight is 416 g/mol. The van der Waals surface area contributed by atoms with Crippen LogP contribution in [-0.2, 0) is 23.2 Å². The predicted molar refractivity (Wildman–Crippen MR) is 126 cm³/mol. The first-order chi connectivity index (χ1) is 15.2. The Labute approximate surface area is 186 Å². The molecule has 162 valence electrons. The molecule has 3 heteroatoms. The van der Waals surface area contributed by atoms with E-state index in [9.17, 15) is 5.11 Å². The Hall–Kier alpha value is -2.46. The van der Waals surface area contributed by atoms with E-state index in [2.05, 4.69) is 84.6 Å². The standard InChI is InChI=1S/C28H33NO2/c1-2-23-13-15-26(16-14-23)28(30,21-24-9-5-3-6-10-24)27(25-11-7-4-8-12-25)22-29-17-19-31-20-18-29/h3-16,27,30H,2,17-22H2,1H3/t27-,28+/m0/s1. The molecule has 3 aromatic carbocycles. The molecule has 1 aliphatic rings. The molecule has 0 aliphatic carbocycles. The lowest BCUT2D eigenvalue weighted by Crippen LogP contribution is -2.45. The number of aliphatic hydroxyl groups is 1. The van der Waals surface area contributed by atoms with Crippen LogP contribution in [0.4, 0.5) is 0 Å². The SMILES string of the molecule is CCc1ccc([C@](O)(Cc2ccccc2)[C@@H](CN2CCOCC2)c2ccccc2)cc1. The van der Waals surface area contributed by atoms with Crippen LogP contribution in [0.3, 0.4) is 0 Å². The molecular formula is C28H33NO2. The lowest BCUT2D eigenvalue weighted by Gasteiger charge is -2.41. The molecule has 1 aliphatic heterocycles. The van der Waals surface area contributed by atoms with Crippen LogP contribution in [0.15, 0.2) is 84.9 Å². The molecule has 1 heterocycles. The van der Waals surface area contributed by atoms with E-state index < -0.39 is 5.60 Å². The highest BCUT2D eigenvalue weighted by atomic mass is 16.5. The Kier molecular flexibility index (Phi) is 7.18. The molecule has 31 heavy (non-hydrogen) atoms. The van der Waals surface area contributed by atoms with Gasteiger partial charge >= 0.3 is 0 Å². The van der Waals surface area contributed by atoms with Crippen molar-refractivity contribution in [2.45, 2.75) is 31.3 Å². The van der Waals surface area contributed by atoms with Gasteiger partial charge in [-0.2, -0.15) is 0 Å². The molecule has 4 rings (SSSR count). The predicted octanol–water partition coefficient (Wildman–Crippen LogP) is 4.80. The molecule has 0 aromatic heterocycles. The maximum Gasteiger partial charge on any atom is 0.102 e. The van der Waals surface area contributed by atoms with Crippen LogP contribution in [-0.4, -0.2) is 42.9 Å². The van der Waals surface area contributed by atoms with E-state index in [0.717, 1.165) is 50.4 Å². The minimum Gasteiger partial charge on any atom is -0.384 e. The third-order valence-corrected chi connectivity index (χ3v) is 6.50. The number of benzene rings is 3. The van der Waals surface area contributed by atoms with E-state index in [1.807, 2.05) is 12.1 Å². The molecule has 0 unspecified atom stereocenters. The van der Waals surface area contributed by atoms with Gasteiger partial charge in [-0.1, -0.05) is 91.9 Å². The van der Waals surface area contributed by atoms with Crippen molar-refractivity contribution in [1.82, 2.24) is 4.90 Å². The smallest absolute Gasteiger partial charge is 0.102 e. The van der Waals surface area contributed by atoms with Crippen LogP contribution in [0, 0.1) is 0 Å². The van der Waals surface area contributed by atoms with Crippen LogP contribution in [0.2, 0.25) is 0 Å². The van der Waals surface area contributed by atoms with E-state index >= 15 is 0 Å². The van der Waals surface area contributed by atoms with Crippen molar-refractivity contribution in [2.75, 3.05) is 32.8 Å². The second kappa shape index (κ2) is 10.2. The maximum absolute atomic E-state index is 12.5. The zero-order valence-corrected chi connectivity index (χ0v) is 18.4. The molecule has 0 spiro atoms. The first kappa shape index (κ1) is 21.8. The van der Waals surface area contributed by atoms with Crippen molar-refractivity contribution in [3.8, 4) is 0 Å². The molecular weight excluding hydrogens is 382 g/mol. The zero-order valence-electron chi connectivity index (χ0n) is 18.4. The van der Waals surface area contributed by atoms with Crippen molar-refractivity contribution in [3.63, 3.8) is 0 Å². The lowest BCUT2D eigenvalue weighted by molar-refractivity contribution is -0.0223. The topological polar surface area (TPSA) is 32.7 Å². The van der Waals surface area contributed by atoms with Gasteiger partial charge in [-0.05, 0) is 28.7 Å².